The number of hydrogen-bond donors (Lipinski definition) is 1. The highest BCUT2D eigenvalue weighted by Gasteiger charge is 2.07. The third-order valence-electron chi connectivity index (χ3n) is 2.18. The van der Waals surface area contributed by atoms with E-state index in [2.05, 4.69) is 0 Å². The van der Waals surface area contributed by atoms with E-state index in [1.54, 1.807) is 13.2 Å². The van der Waals surface area contributed by atoms with Crippen LogP contribution >= 0.6 is 0 Å². The van der Waals surface area contributed by atoms with Crippen molar-refractivity contribution < 1.29 is 14.3 Å². The first-order chi connectivity index (χ1) is 7.63. The highest BCUT2D eigenvalue weighted by molar-refractivity contribution is 5.75. The van der Waals surface area contributed by atoms with Crippen LogP contribution in [0.4, 0.5) is 5.69 Å². The van der Waals surface area contributed by atoms with E-state index in [9.17, 15) is 4.79 Å². The van der Waals surface area contributed by atoms with E-state index in [0.29, 0.717) is 12.3 Å². The van der Waals surface area contributed by atoms with Crippen LogP contribution in [0.15, 0.2) is 18.2 Å². The van der Waals surface area contributed by atoms with Crippen molar-refractivity contribution in [2.24, 2.45) is 0 Å². The molecule has 0 fully saturated rings. The van der Waals surface area contributed by atoms with E-state index in [1.165, 1.54) is 0 Å². The van der Waals surface area contributed by atoms with Crippen molar-refractivity contribution in [3.63, 3.8) is 0 Å². The predicted octanol–water partition coefficient (Wildman–Crippen LogP) is 1.31. The summed E-state index contributed by atoms with van der Waals surface area (Å²) < 4.78 is 9.75. The number of nitrogens with two attached hydrogens (primary N) is 1. The van der Waals surface area contributed by atoms with Gasteiger partial charge in [-0.3, -0.25) is 4.79 Å². The molecule has 0 aliphatic rings. The highest BCUT2D eigenvalue weighted by Crippen LogP contribution is 2.14. The fourth-order valence-electron chi connectivity index (χ4n) is 1.33. The summed E-state index contributed by atoms with van der Waals surface area (Å²) >= 11 is 0. The maximum Gasteiger partial charge on any atom is 0.310 e. The zero-order valence-corrected chi connectivity index (χ0v) is 9.66. The standard InChI is InChI=1S/C12H17NO3/c1-9-3-4-11(13)10(7-9)8-12(14)16-6-5-15-2/h3-4,7H,5-6,8,13H2,1-2H3. The van der Waals surface area contributed by atoms with Gasteiger partial charge in [-0.25, -0.2) is 0 Å². The lowest BCUT2D eigenvalue weighted by atomic mass is 10.1. The summed E-state index contributed by atoms with van der Waals surface area (Å²) in [6.07, 6.45) is 0.206. The zero-order valence-electron chi connectivity index (χ0n) is 9.66. The van der Waals surface area contributed by atoms with Crippen molar-refractivity contribution >= 4 is 11.7 Å². The Morgan fingerprint density at radius 3 is 2.81 bits per heavy atom. The van der Waals surface area contributed by atoms with Crippen molar-refractivity contribution in [2.45, 2.75) is 13.3 Å². The molecule has 88 valence electrons. The molecule has 1 aromatic rings. The Bertz CT molecular complexity index is 363. The second-order valence-electron chi connectivity index (χ2n) is 3.59. The average Bonchev–Trinajstić information content (AvgIpc) is 2.24. The number of nitrogen functional groups attached to an aromatic ring is 1. The second-order valence-corrected chi connectivity index (χ2v) is 3.59. The molecule has 4 nitrogen and oxygen atoms in total. The number of anilines is 1. The van der Waals surface area contributed by atoms with Gasteiger partial charge in [0.25, 0.3) is 0 Å². The van der Waals surface area contributed by atoms with Crippen LogP contribution in [0, 0.1) is 6.92 Å². The second kappa shape index (κ2) is 6.12. The molecule has 0 aromatic heterocycles. The Hall–Kier alpha value is -1.55. The number of rotatable bonds is 5. The molecule has 1 aromatic carbocycles. The summed E-state index contributed by atoms with van der Waals surface area (Å²) in [5, 5.41) is 0. The van der Waals surface area contributed by atoms with Crippen LogP contribution in [0.25, 0.3) is 0 Å². The molecule has 0 amide bonds. The Kier molecular flexibility index (Phi) is 4.79. The first-order valence-corrected chi connectivity index (χ1v) is 5.13. The molecule has 16 heavy (non-hydrogen) atoms. The molecule has 0 saturated heterocycles. The Morgan fingerprint density at radius 1 is 1.38 bits per heavy atom. The number of carbonyl (C=O) groups excluding carboxylic acids is 1. The van der Waals surface area contributed by atoms with Gasteiger partial charge in [0.05, 0.1) is 13.0 Å². The number of aryl methyl sites for hydroxylation is 1. The van der Waals surface area contributed by atoms with Gasteiger partial charge in [-0.1, -0.05) is 17.7 Å². The fraction of sp³-hybridized carbons (Fsp3) is 0.417. The summed E-state index contributed by atoms with van der Waals surface area (Å²) in [4.78, 5) is 11.4. The molecular weight excluding hydrogens is 206 g/mol. The minimum Gasteiger partial charge on any atom is -0.463 e. The van der Waals surface area contributed by atoms with E-state index in [1.807, 2.05) is 19.1 Å². The lowest BCUT2D eigenvalue weighted by molar-refractivity contribution is -0.144. The molecule has 0 atom stereocenters. The first-order valence-electron chi connectivity index (χ1n) is 5.13. The van der Waals surface area contributed by atoms with Gasteiger partial charge in [0.2, 0.25) is 0 Å². The summed E-state index contributed by atoms with van der Waals surface area (Å²) in [7, 11) is 1.56. The van der Waals surface area contributed by atoms with Gasteiger partial charge < -0.3 is 15.2 Å². The maximum atomic E-state index is 11.4. The predicted molar refractivity (Wildman–Crippen MR) is 62.1 cm³/mol. The third kappa shape index (κ3) is 3.90. The van der Waals surface area contributed by atoms with E-state index in [4.69, 9.17) is 15.2 Å². The average molecular weight is 223 g/mol. The molecule has 2 N–H and O–H groups in total. The number of methoxy groups -OCH3 is 1. The molecule has 0 aliphatic carbocycles. The van der Waals surface area contributed by atoms with Crippen molar-refractivity contribution in [1.29, 1.82) is 0 Å². The maximum absolute atomic E-state index is 11.4. The molecule has 4 heteroatoms. The van der Waals surface area contributed by atoms with Gasteiger partial charge in [0.1, 0.15) is 6.61 Å². The molecule has 0 saturated carbocycles. The van der Waals surface area contributed by atoms with Crippen LogP contribution in [0.1, 0.15) is 11.1 Å². The van der Waals surface area contributed by atoms with Gasteiger partial charge in [-0.2, -0.15) is 0 Å². The van der Waals surface area contributed by atoms with E-state index in [-0.39, 0.29) is 19.0 Å². The molecule has 0 heterocycles. The molecule has 0 bridgehead atoms. The summed E-state index contributed by atoms with van der Waals surface area (Å²) in [6, 6.07) is 5.61. The summed E-state index contributed by atoms with van der Waals surface area (Å²) in [5.74, 6) is -0.283. The fourth-order valence-corrected chi connectivity index (χ4v) is 1.33. The van der Waals surface area contributed by atoms with E-state index < -0.39 is 0 Å². The topological polar surface area (TPSA) is 61.5 Å². The molecule has 1 rings (SSSR count). The number of benzene rings is 1. The quantitative estimate of drug-likeness (QED) is 0.464. The first kappa shape index (κ1) is 12.5. The molecular formula is C12H17NO3. The number of carbonyl (C=O) groups is 1. The van der Waals surface area contributed by atoms with Gasteiger partial charge in [0.15, 0.2) is 0 Å². The van der Waals surface area contributed by atoms with Gasteiger partial charge in [-0.05, 0) is 18.6 Å². The van der Waals surface area contributed by atoms with Gasteiger partial charge >= 0.3 is 5.97 Å². The van der Waals surface area contributed by atoms with Crippen LogP contribution in [-0.2, 0) is 20.7 Å². The summed E-state index contributed by atoms with van der Waals surface area (Å²) in [5.41, 5.74) is 8.27. The Labute approximate surface area is 95.3 Å². The Balaban J connectivity index is 2.52. The van der Waals surface area contributed by atoms with Gasteiger partial charge in [0, 0.05) is 12.8 Å². The molecule has 0 aliphatic heterocycles. The molecule has 0 radical (unpaired) electrons. The van der Waals surface area contributed by atoms with Crippen molar-refractivity contribution in [2.75, 3.05) is 26.1 Å². The molecule has 0 spiro atoms. The smallest absolute Gasteiger partial charge is 0.310 e. The van der Waals surface area contributed by atoms with Crippen molar-refractivity contribution in [1.82, 2.24) is 0 Å². The number of ether oxygens (including phenoxy) is 2. The van der Waals surface area contributed by atoms with Crippen LogP contribution in [0.2, 0.25) is 0 Å². The molecule has 0 unspecified atom stereocenters. The SMILES string of the molecule is COCCOC(=O)Cc1cc(C)ccc1N. The Morgan fingerprint density at radius 2 is 2.12 bits per heavy atom. The number of esters is 1. The van der Waals surface area contributed by atoms with Crippen LogP contribution in [0.5, 0.6) is 0 Å². The number of hydrogen-bond acceptors (Lipinski definition) is 4. The van der Waals surface area contributed by atoms with Crippen molar-refractivity contribution in [3.05, 3.63) is 29.3 Å². The summed E-state index contributed by atoms with van der Waals surface area (Å²) in [6.45, 7) is 2.65. The van der Waals surface area contributed by atoms with E-state index in [0.717, 1.165) is 11.1 Å². The van der Waals surface area contributed by atoms with Crippen LogP contribution in [0.3, 0.4) is 0 Å². The van der Waals surface area contributed by atoms with Crippen LogP contribution < -0.4 is 5.73 Å². The lowest BCUT2D eigenvalue weighted by Gasteiger charge is -2.07. The highest BCUT2D eigenvalue weighted by atomic mass is 16.6. The largest absolute Gasteiger partial charge is 0.463 e. The van der Waals surface area contributed by atoms with E-state index >= 15 is 0 Å². The lowest BCUT2D eigenvalue weighted by Crippen LogP contribution is -2.13. The monoisotopic (exact) mass is 223 g/mol. The zero-order chi connectivity index (χ0) is 12.0. The normalized spacial score (nSPS) is 10.1. The minimum atomic E-state index is -0.283. The van der Waals surface area contributed by atoms with Crippen LogP contribution in [-0.4, -0.2) is 26.3 Å². The third-order valence-corrected chi connectivity index (χ3v) is 2.18. The van der Waals surface area contributed by atoms with Gasteiger partial charge in [-0.15, -0.1) is 0 Å². The minimum absolute atomic E-state index is 0.206. The van der Waals surface area contributed by atoms with Crippen molar-refractivity contribution in [3.8, 4) is 0 Å².